The Morgan fingerprint density at radius 2 is 1.90 bits per heavy atom. The van der Waals surface area contributed by atoms with Crippen LogP contribution in [0.3, 0.4) is 0 Å². The first-order chi connectivity index (χ1) is 14.7. The van der Waals surface area contributed by atoms with E-state index in [0.29, 0.717) is 23.3 Å². The lowest BCUT2D eigenvalue weighted by atomic mass is 9.93. The van der Waals surface area contributed by atoms with Gasteiger partial charge in [-0.2, -0.15) is 0 Å². The summed E-state index contributed by atoms with van der Waals surface area (Å²) < 4.78 is 1.64. The van der Waals surface area contributed by atoms with Crippen LogP contribution in [-0.4, -0.2) is 32.8 Å². The van der Waals surface area contributed by atoms with Gasteiger partial charge in [-0.25, -0.2) is 4.98 Å². The molecule has 3 aromatic rings. The number of rotatable bonds is 7. The zero-order valence-electron chi connectivity index (χ0n) is 18.9. The van der Waals surface area contributed by atoms with Gasteiger partial charge in [0.15, 0.2) is 0 Å². The van der Waals surface area contributed by atoms with Gasteiger partial charge in [-0.3, -0.25) is 14.2 Å². The minimum Gasteiger partial charge on any atom is -0.332 e. The maximum atomic E-state index is 13.6. The van der Waals surface area contributed by atoms with Crippen molar-refractivity contribution in [2.75, 3.05) is 12.4 Å². The number of hydrogen-bond acceptors (Lipinski definition) is 3. The molecular weight excluding hydrogens is 410 g/mol. The first-order valence-corrected chi connectivity index (χ1v) is 11.2. The fourth-order valence-corrected chi connectivity index (χ4v) is 3.86. The molecule has 0 radical (unpaired) electrons. The molecule has 1 aromatic heterocycles. The summed E-state index contributed by atoms with van der Waals surface area (Å²) in [6.45, 7) is 10.2. The van der Waals surface area contributed by atoms with Crippen molar-refractivity contribution in [2.45, 2.75) is 47.1 Å². The van der Waals surface area contributed by atoms with E-state index in [2.05, 4.69) is 0 Å². The Morgan fingerprint density at radius 1 is 1.19 bits per heavy atom. The summed E-state index contributed by atoms with van der Waals surface area (Å²) in [6.07, 6.45) is 0.788. The number of aromatic nitrogens is 2. The summed E-state index contributed by atoms with van der Waals surface area (Å²) >= 11 is 6.11. The molecule has 3 rings (SSSR count). The lowest BCUT2D eigenvalue weighted by molar-refractivity contribution is -0.141. The smallest absolute Gasteiger partial charge is 0.266 e. The van der Waals surface area contributed by atoms with Gasteiger partial charge in [-0.05, 0) is 63.9 Å². The van der Waals surface area contributed by atoms with Gasteiger partial charge >= 0.3 is 0 Å². The summed E-state index contributed by atoms with van der Waals surface area (Å²) in [4.78, 5) is 33.6. The van der Waals surface area contributed by atoms with Crippen LogP contribution in [0.2, 0.25) is 0 Å². The van der Waals surface area contributed by atoms with E-state index in [-0.39, 0.29) is 17.3 Å². The van der Waals surface area contributed by atoms with E-state index in [1.165, 1.54) is 0 Å². The van der Waals surface area contributed by atoms with Gasteiger partial charge in [0, 0.05) is 12.4 Å². The third kappa shape index (κ3) is 4.52. The molecule has 0 N–H and O–H groups in total. The van der Waals surface area contributed by atoms with E-state index in [0.717, 1.165) is 17.7 Å². The van der Waals surface area contributed by atoms with Crippen LogP contribution in [0.1, 0.15) is 51.5 Å². The Hall–Kier alpha value is -2.66. The molecule has 31 heavy (non-hydrogen) atoms. The van der Waals surface area contributed by atoms with E-state index in [1.807, 2.05) is 77.1 Å². The molecule has 6 heteroatoms. The van der Waals surface area contributed by atoms with Gasteiger partial charge in [0.1, 0.15) is 5.82 Å². The molecule has 0 bridgehead atoms. The predicted molar refractivity (Wildman–Crippen MR) is 127 cm³/mol. The zero-order valence-corrected chi connectivity index (χ0v) is 19.6. The Labute approximate surface area is 188 Å². The molecule has 0 saturated heterocycles. The van der Waals surface area contributed by atoms with Crippen LogP contribution in [0, 0.1) is 12.3 Å². The molecule has 0 saturated carbocycles. The van der Waals surface area contributed by atoms with Crippen LogP contribution in [0.25, 0.3) is 16.6 Å². The number of fused-ring (bicyclic) bond motifs is 1. The number of carbonyl (C=O) groups is 1. The Balaban J connectivity index is 2.27. The highest BCUT2D eigenvalue weighted by Crippen LogP contribution is 2.29. The fraction of sp³-hybridized carbons (Fsp3) is 0.400. The topological polar surface area (TPSA) is 55.2 Å². The molecular formula is C25H30ClN3O2. The SMILES string of the molecule is CCCN(C(=O)C(C)(C)CCl)C(C)c1nc2ccccc2c(=O)n1-c1cccc(C)c1. The number of hydrogen-bond donors (Lipinski definition) is 0. The minimum absolute atomic E-state index is 0.0463. The van der Waals surface area contributed by atoms with Crippen LogP contribution in [0.5, 0.6) is 0 Å². The van der Waals surface area contributed by atoms with Crippen LogP contribution < -0.4 is 5.56 Å². The van der Waals surface area contributed by atoms with Crippen LogP contribution in [0.4, 0.5) is 0 Å². The highest BCUT2D eigenvalue weighted by molar-refractivity contribution is 6.19. The van der Waals surface area contributed by atoms with Crippen molar-refractivity contribution in [3.8, 4) is 5.69 Å². The lowest BCUT2D eigenvalue weighted by Crippen LogP contribution is -2.45. The summed E-state index contributed by atoms with van der Waals surface area (Å²) in [5.41, 5.74) is 1.56. The van der Waals surface area contributed by atoms with Crippen molar-refractivity contribution in [3.63, 3.8) is 0 Å². The van der Waals surface area contributed by atoms with Gasteiger partial charge in [0.2, 0.25) is 5.91 Å². The third-order valence-corrected chi connectivity index (χ3v) is 6.21. The molecule has 5 nitrogen and oxygen atoms in total. The second-order valence-corrected chi connectivity index (χ2v) is 8.93. The monoisotopic (exact) mass is 439 g/mol. The lowest BCUT2D eigenvalue weighted by Gasteiger charge is -2.35. The Kier molecular flexibility index (Phi) is 6.85. The van der Waals surface area contributed by atoms with E-state index in [9.17, 15) is 9.59 Å². The quantitative estimate of drug-likeness (QED) is 0.472. The van der Waals surface area contributed by atoms with Crippen molar-refractivity contribution in [1.29, 1.82) is 0 Å². The number of para-hydroxylation sites is 1. The maximum absolute atomic E-state index is 13.6. The number of benzene rings is 2. The average Bonchev–Trinajstić information content (AvgIpc) is 2.76. The number of carbonyl (C=O) groups excluding carboxylic acids is 1. The second-order valence-electron chi connectivity index (χ2n) is 8.66. The van der Waals surface area contributed by atoms with Gasteiger partial charge in [-0.1, -0.05) is 31.2 Å². The number of nitrogens with zero attached hydrogens (tertiary/aromatic N) is 3. The number of aryl methyl sites for hydroxylation is 1. The highest BCUT2D eigenvalue weighted by atomic mass is 35.5. The zero-order chi connectivity index (χ0) is 22.8. The molecule has 164 valence electrons. The van der Waals surface area contributed by atoms with Crippen LogP contribution in [0.15, 0.2) is 53.3 Å². The minimum atomic E-state index is -0.712. The van der Waals surface area contributed by atoms with Gasteiger partial charge in [0.25, 0.3) is 5.56 Å². The molecule has 1 unspecified atom stereocenters. The van der Waals surface area contributed by atoms with Crippen LogP contribution in [-0.2, 0) is 4.79 Å². The van der Waals surface area contributed by atoms with E-state index in [1.54, 1.807) is 15.5 Å². The molecule has 0 spiro atoms. The van der Waals surface area contributed by atoms with E-state index < -0.39 is 11.5 Å². The van der Waals surface area contributed by atoms with Crippen LogP contribution >= 0.6 is 11.6 Å². The largest absolute Gasteiger partial charge is 0.332 e. The first kappa shape index (κ1) is 23.0. The molecule has 0 aliphatic heterocycles. The Bertz CT molecular complexity index is 1150. The van der Waals surface area contributed by atoms with Gasteiger partial charge in [0.05, 0.1) is 28.0 Å². The summed E-state index contributed by atoms with van der Waals surface area (Å²) in [6, 6.07) is 14.7. The number of amides is 1. The van der Waals surface area contributed by atoms with E-state index >= 15 is 0 Å². The second kappa shape index (κ2) is 9.23. The molecule has 0 fully saturated rings. The normalized spacial score (nSPS) is 12.7. The molecule has 1 atom stereocenters. The average molecular weight is 440 g/mol. The molecule has 1 amide bonds. The van der Waals surface area contributed by atoms with Crippen molar-refractivity contribution >= 4 is 28.4 Å². The van der Waals surface area contributed by atoms with Crippen molar-refractivity contribution in [3.05, 3.63) is 70.3 Å². The number of alkyl halides is 1. The maximum Gasteiger partial charge on any atom is 0.266 e. The molecule has 2 aromatic carbocycles. The fourth-order valence-electron chi connectivity index (χ4n) is 3.74. The van der Waals surface area contributed by atoms with E-state index in [4.69, 9.17) is 16.6 Å². The number of halogens is 1. The first-order valence-electron chi connectivity index (χ1n) is 10.7. The predicted octanol–water partition coefficient (Wildman–Crippen LogP) is 5.26. The Morgan fingerprint density at radius 3 is 2.55 bits per heavy atom. The molecule has 0 aliphatic rings. The summed E-state index contributed by atoms with van der Waals surface area (Å²) in [5.74, 6) is 0.714. The molecule has 1 heterocycles. The van der Waals surface area contributed by atoms with Gasteiger partial charge in [-0.15, -0.1) is 11.6 Å². The summed E-state index contributed by atoms with van der Waals surface area (Å²) in [5, 5.41) is 0.550. The van der Waals surface area contributed by atoms with Gasteiger partial charge < -0.3 is 4.90 Å². The van der Waals surface area contributed by atoms with Crippen molar-refractivity contribution in [1.82, 2.24) is 14.5 Å². The highest BCUT2D eigenvalue weighted by Gasteiger charge is 2.35. The summed E-state index contributed by atoms with van der Waals surface area (Å²) in [7, 11) is 0. The van der Waals surface area contributed by atoms with Crippen molar-refractivity contribution in [2.24, 2.45) is 5.41 Å². The standard InChI is InChI=1S/C25H30ClN3O2/c1-6-14-28(24(31)25(4,5)16-26)18(3)22-27-21-13-8-7-12-20(21)23(30)29(22)19-11-9-10-17(2)15-19/h7-13,15,18H,6,14,16H2,1-5H3. The third-order valence-electron chi connectivity index (χ3n) is 5.54. The molecule has 0 aliphatic carbocycles. The van der Waals surface area contributed by atoms with Crippen molar-refractivity contribution < 1.29 is 4.79 Å².